The molecule has 30 heavy (non-hydrogen) atoms. The van der Waals surface area contributed by atoms with Crippen LogP contribution in [0.1, 0.15) is 22.8 Å². The molecular weight excluding hydrogens is 424 g/mol. The van der Waals surface area contributed by atoms with Gasteiger partial charge in [0.1, 0.15) is 5.75 Å². The molecule has 0 saturated carbocycles. The van der Waals surface area contributed by atoms with Crippen molar-refractivity contribution in [2.24, 2.45) is 0 Å². The summed E-state index contributed by atoms with van der Waals surface area (Å²) in [6, 6.07) is 19.6. The summed E-state index contributed by atoms with van der Waals surface area (Å²) in [5, 5.41) is 3.29. The zero-order valence-electron chi connectivity index (χ0n) is 16.3. The third-order valence-electron chi connectivity index (χ3n) is 4.19. The summed E-state index contributed by atoms with van der Waals surface area (Å²) < 4.78 is 32.8. The Balaban J connectivity index is 1.61. The number of halogens is 1. The Morgan fingerprint density at radius 3 is 2.37 bits per heavy atom. The van der Waals surface area contributed by atoms with E-state index in [9.17, 15) is 13.2 Å². The Morgan fingerprint density at radius 2 is 1.70 bits per heavy atom. The second kappa shape index (κ2) is 9.65. The molecule has 0 aliphatic rings. The van der Waals surface area contributed by atoms with Crippen molar-refractivity contribution in [3.8, 4) is 5.75 Å². The minimum Gasteiger partial charge on any atom is -0.494 e. The Hall–Kier alpha value is -3.03. The summed E-state index contributed by atoms with van der Waals surface area (Å²) in [5.41, 5.74) is 1.69. The maximum atomic E-state index is 12.4. The molecular formula is C22H21ClN2O4S. The van der Waals surface area contributed by atoms with E-state index in [0.717, 1.165) is 11.3 Å². The Kier molecular flexibility index (Phi) is 6.97. The first kappa shape index (κ1) is 21.7. The van der Waals surface area contributed by atoms with Crippen molar-refractivity contribution >= 4 is 33.2 Å². The molecule has 0 unspecified atom stereocenters. The average Bonchev–Trinajstić information content (AvgIpc) is 2.73. The first-order valence-electron chi connectivity index (χ1n) is 9.26. The molecule has 0 heterocycles. The van der Waals surface area contributed by atoms with E-state index in [0.29, 0.717) is 29.4 Å². The number of hydrogen-bond acceptors (Lipinski definition) is 4. The van der Waals surface area contributed by atoms with Crippen LogP contribution in [0.15, 0.2) is 77.7 Å². The topological polar surface area (TPSA) is 84.5 Å². The van der Waals surface area contributed by atoms with E-state index in [1.54, 1.807) is 12.1 Å². The molecule has 8 heteroatoms. The number of hydrogen-bond donors (Lipinski definition) is 2. The number of rotatable bonds is 8. The molecule has 0 aliphatic carbocycles. The van der Waals surface area contributed by atoms with Gasteiger partial charge >= 0.3 is 0 Å². The quantitative estimate of drug-likeness (QED) is 0.536. The van der Waals surface area contributed by atoms with Crippen LogP contribution >= 0.6 is 11.6 Å². The number of anilines is 1. The number of benzene rings is 3. The first-order valence-corrected chi connectivity index (χ1v) is 11.1. The first-order chi connectivity index (χ1) is 14.4. The smallest absolute Gasteiger partial charge is 0.261 e. The van der Waals surface area contributed by atoms with E-state index >= 15 is 0 Å². The largest absolute Gasteiger partial charge is 0.494 e. The fourth-order valence-corrected chi connectivity index (χ4v) is 3.90. The van der Waals surface area contributed by atoms with Gasteiger partial charge in [-0.2, -0.15) is 0 Å². The number of sulfonamides is 1. The maximum absolute atomic E-state index is 12.4. The number of amides is 1. The predicted octanol–water partition coefficient (Wildman–Crippen LogP) is 4.47. The predicted molar refractivity (Wildman–Crippen MR) is 117 cm³/mol. The van der Waals surface area contributed by atoms with Crippen molar-refractivity contribution in [1.82, 2.24) is 5.32 Å². The highest BCUT2D eigenvalue weighted by Gasteiger charge is 2.14. The monoisotopic (exact) mass is 444 g/mol. The molecule has 1 amide bonds. The van der Waals surface area contributed by atoms with E-state index in [4.69, 9.17) is 16.3 Å². The molecule has 2 N–H and O–H groups in total. The molecule has 0 bridgehead atoms. The highest BCUT2D eigenvalue weighted by molar-refractivity contribution is 7.92. The molecule has 0 spiro atoms. The molecule has 3 aromatic rings. The van der Waals surface area contributed by atoms with Crippen molar-refractivity contribution in [3.05, 3.63) is 88.9 Å². The van der Waals surface area contributed by atoms with Crippen molar-refractivity contribution in [1.29, 1.82) is 0 Å². The lowest BCUT2D eigenvalue weighted by atomic mass is 10.1. The summed E-state index contributed by atoms with van der Waals surface area (Å²) in [5.74, 6) is 0.491. The number of nitrogens with one attached hydrogen (secondary N) is 2. The summed E-state index contributed by atoms with van der Waals surface area (Å²) in [7, 11) is -3.74. The summed E-state index contributed by atoms with van der Waals surface area (Å²) in [6.45, 7) is 2.84. The van der Waals surface area contributed by atoms with Crippen LogP contribution in [0, 0.1) is 0 Å². The Morgan fingerprint density at radius 1 is 1.00 bits per heavy atom. The van der Waals surface area contributed by atoms with E-state index in [1.807, 2.05) is 31.2 Å². The standard InChI is InChI=1S/C22H21ClN2O4S/c1-2-29-20-5-3-4-16(14-20)15-24-22(26)17-6-10-19(11-7-17)25-30(27,28)21-12-8-18(23)9-13-21/h3-14,25H,2,15H2,1H3,(H,24,26). The molecule has 0 fully saturated rings. The van der Waals surface area contributed by atoms with E-state index in [2.05, 4.69) is 10.0 Å². The lowest BCUT2D eigenvalue weighted by Gasteiger charge is -2.10. The van der Waals surface area contributed by atoms with Gasteiger partial charge in [0.05, 0.1) is 11.5 Å². The average molecular weight is 445 g/mol. The minimum atomic E-state index is -3.74. The molecule has 0 saturated heterocycles. The molecule has 3 rings (SSSR count). The number of carbonyl (C=O) groups excluding carboxylic acids is 1. The Bertz CT molecular complexity index is 1110. The van der Waals surface area contributed by atoms with E-state index in [-0.39, 0.29) is 10.8 Å². The highest BCUT2D eigenvalue weighted by atomic mass is 35.5. The van der Waals surface area contributed by atoms with Gasteiger partial charge in [-0.25, -0.2) is 8.42 Å². The van der Waals surface area contributed by atoms with Crippen LogP contribution in [-0.2, 0) is 16.6 Å². The van der Waals surface area contributed by atoms with Crippen molar-refractivity contribution in [2.45, 2.75) is 18.4 Å². The van der Waals surface area contributed by atoms with Crippen LogP contribution in [0.25, 0.3) is 0 Å². The molecule has 0 radical (unpaired) electrons. The van der Waals surface area contributed by atoms with Crippen LogP contribution in [0.3, 0.4) is 0 Å². The van der Waals surface area contributed by atoms with Crippen molar-refractivity contribution in [2.75, 3.05) is 11.3 Å². The van der Waals surface area contributed by atoms with Crippen LogP contribution in [0.4, 0.5) is 5.69 Å². The Labute approximate surface area is 180 Å². The van der Waals surface area contributed by atoms with Gasteiger partial charge in [0, 0.05) is 22.8 Å². The molecule has 0 aromatic heterocycles. The number of carbonyl (C=O) groups is 1. The molecule has 6 nitrogen and oxygen atoms in total. The third-order valence-corrected chi connectivity index (χ3v) is 5.83. The minimum absolute atomic E-state index is 0.100. The van der Waals surface area contributed by atoms with Crippen molar-refractivity contribution < 1.29 is 17.9 Å². The van der Waals surface area contributed by atoms with Gasteiger partial charge in [-0.1, -0.05) is 23.7 Å². The summed E-state index contributed by atoms with van der Waals surface area (Å²) in [6.07, 6.45) is 0. The molecule has 0 aliphatic heterocycles. The summed E-state index contributed by atoms with van der Waals surface area (Å²) in [4.78, 5) is 12.5. The van der Waals surface area contributed by atoms with Crippen LogP contribution in [0.5, 0.6) is 5.75 Å². The summed E-state index contributed by atoms with van der Waals surface area (Å²) >= 11 is 5.80. The zero-order chi connectivity index (χ0) is 21.6. The highest BCUT2D eigenvalue weighted by Crippen LogP contribution is 2.19. The fraction of sp³-hybridized carbons (Fsp3) is 0.136. The van der Waals surface area contributed by atoms with Crippen molar-refractivity contribution in [3.63, 3.8) is 0 Å². The number of ether oxygens (including phenoxy) is 1. The second-order valence-electron chi connectivity index (χ2n) is 6.40. The van der Waals surface area contributed by atoms with Gasteiger partial charge < -0.3 is 10.1 Å². The van der Waals surface area contributed by atoms with Gasteiger partial charge in [-0.05, 0) is 73.2 Å². The van der Waals surface area contributed by atoms with Gasteiger partial charge in [0.15, 0.2) is 0 Å². The maximum Gasteiger partial charge on any atom is 0.261 e. The van der Waals surface area contributed by atoms with Gasteiger partial charge in [0.25, 0.3) is 15.9 Å². The fourth-order valence-electron chi connectivity index (χ4n) is 2.71. The van der Waals surface area contributed by atoms with E-state index < -0.39 is 10.0 Å². The zero-order valence-corrected chi connectivity index (χ0v) is 17.8. The third kappa shape index (κ3) is 5.75. The lowest BCUT2D eigenvalue weighted by molar-refractivity contribution is 0.0951. The van der Waals surface area contributed by atoms with Gasteiger partial charge in [-0.15, -0.1) is 0 Å². The lowest BCUT2D eigenvalue weighted by Crippen LogP contribution is -2.22. The molecule has 156 valence electrons. The van der Waals surface area contributed by atoms with Crippen LogP contribution in [-0.4, -0.2) is 20.9 Å². The normalized spacial score (nSPS) is 11.0. The second-order valence-corrected chi connectivity index (χ2v) is 8.52. The molecule has 0 atom stereocenters. The van der Waals surface area contributed by atoms with Gasteiger partial charge in [-0.3, -0.25) is 9.52 Å². The van der Waals surface area contributed by atoms with Crippen LogP contribution < -0.4 is 14.8 Å². The van der Waals surface area contributed by atoms with Gasteiger partial charge in [0.2, 0.25) is 0 Å². The van der Waals surface area contributed by atoms with Crippen LogP contribution in [0.2, 0.25) is 5.02 Å². The van der Waals surface area contributed by atoms with E-state index in [1.165, 1.54) is 36.4 Å². The molecule has 3 aromatic carbocycles. The SMILES string of the molecule is CCOc1cccc(CNC(=O)c2ccc(NS(=O)(=O)c3ccc(Cl)cc3)cc2)c1.